The molecule has 2 aromatic carbocycles. The number of hydrogen-bond donors (Lipinski definition) is 1. The fourth-order valence-corrected chi connectivity index (χ4v) is 2.69. The number of fused-ring (bicyclic) bond motifs is 1. The molecular formula is C19H20FNO4. The molecule has 0 bridgehead atoms. The zero-order chi connectivity index (χ0) is 17.9. The van der Waals surface area contributed by atoms with Crippen LogP contribution in [0, 0.1) is 5.82 Å². The van der Waals surface area contributed by atoms with Crippen LogP contribution in [0.25, 0.3) is 0 Å². The first kappa shape index (κ1) is 17.2. The van der Waals surface area contributed by atoms with Gasteiger partial charge in [0.15, 0.2) is 11.5 Å². The number of rotatable bonds is 5. The van der Waals surface area contributed by atoms with E-state index >= 15 is 0 Å². The van der Waals surface area contributed by atoms with Gasteiger partial charge in [-0.05, 0) is 25.1 Å². The van der Waals surface area contributed by atoms with E-state index in [1.54, 1.807) is 37.3 Å². The highest BCUT2D eigenvalue weighted by molar-refractivity contribution is 5.81. The third-order valence-corrected chi connectivity index (χ3v) is 4.30. The number of carbonyl (C=O) groups excluding carboxylic acids is 1. The summed E-state index contributed by atoms with van der Waals surface area (Å²) in [5.41, 5.74) is -0.613. The summed E-state index contributed by atoms with van der Waals surface area (Å²) in [7, 11) is 1.48. The van der Waals surface area contributed by atoms with E-state index in [0.29, 0.717) is 17.1 Å². The summed E-state index contributed by atoms with van der Waals surface area (Å²) < 4.78 is 30.8. The number of methoxy groups -OCH3 is 1. The molecule has 0 spiro atoms. The van der Waals surface area contributed by atoms with Crippen molar-refractivity contribution in [2.24, 2.45) is 0 Å². The van der Waals surface area contributed by atoms with Gasteiger partial charge in [-0.3, -0.25) is 4.79 Å². The van der Waals surface area contributed by atoms with Gasteiger partial charge in [0.1, 0.15) is 18.0 Å². The van der Waals surface area contributed by atoms with Gasteiger partial charge in [-0.2, -0.15) is 0 Å². The molecule has 1 aliphatic heterocycles. The van der Waals surface area contributed by atoms with Crippen LogP contribution in [0.1, 0.15) is 12.5 Å². The number of halogens is 1. The van der Waals surface area contributed by atoms with E-state index in [-0.39, 0.29) is 24.9 Å². The van der Waals surface area contributed by atoms with Crippen molar-refractivity contribution in [3.63, 3.8) is 0 Å². The van der Waals surface area contributed by atoms with Gasteiger partial charge < -0.3 is 19.5 Å². The lowest BCUT2D eigenvalue weighted by Gasteiger charge is -2.31. The SMILES string of the molecule is COC(C)(CNC(=O)C1COc2ccccc2O1)c1ccccc1F. The number of para-hydroxylation sites is 2. The molecule has 0 saturated carbocycles. The topological polar surface area (TPSA) is 56.8 Å². The van der Waals surface area contributed by atoms with Crippen LogP contribution in [0.3, 0.4) is 0 Å². The maximum atomic E-state index is 14.1. The molecule has 25 heavy (non-hydrogen) atoms. The average molecular weight is 345 g/mol. The highest BCUT2D eigenvalue weighted by Crippen LogP contribution is 2.31. The largest absolute Gasteiger partial charge is 0.485 e. The second-order valence-corrected chi connectivity index (χ2v) is 6.00. The van der Waals surface area contributed by atoms with Crippen molar-refractivity contribution in [2.75, 3.05) is 20.3 Å². The van der Waals surface area contributed by atoms with E-state index in [1.807, 2.05) is 12.1 Å². The molecule has 0 saturated heterocycles. The first-order chi connectivity index (χ1) is 12.0. The van der Waals surface area contributed by atoms with Crippen LogP contribution in [0.4, 0.5) is 4.39 Å². The molecule has 0 aliphatic carbocycles. The lowest BCUT2D eigenvalue weighted by molar-refractivity contribution is -0.132. The van der Waals surface area contributed by atoms with E-state index in [1.165, 1.54) is 13.2 Å². The third kappa shape index (κ3) is 3.58. The summed E-state index contributed by atoms with van der Waals surface area (Å²) in [6.45, 7) is 1.94. The van der Waals surface area contributed by atoms with Gasteiger partial charge in [0.05, 0.1) is 6.54 Å². The minimum absolute atomic E-state index is 0.102. The van der Waals surface area contributed by atoms with Crippen molar-refractivity contribution in [2.45, 2.75) is 18.6 Å². The number of benzene rings is 2. The summed E-state index contributed by atoms with van der Waals surface area (Å²) in [5.74, 6) is 0.415. The molecule has 0 radical (unpaired) electrons. The van der Waals surface area contributed by atoms with Crippen LogP contribution in [-0.4, -0.2) is 32.3 Å². The summed E-state index contributed by atoms with van der Waals surface area (Å²) >= 11 is 0. The summed E-state index contributed by atoms with van der Waals surface area (Å²) in [6.07, 6.45) is -0.767. The minimum atomic E-state index is -0.992. The smallest absolute Gasteiger partial charge is 0.264 e. The Labute approximate surface area is 145 Å². The third-order valence-electron chi connectivity index (χ3n) is 4.30. The van der Waals surface area contributed by atoms with Gasteiger partial charge in [-0.25, -0.2) is 4.39 Å². The molecule has 2 aromatic rings. The van der Waals surface area contributed by atoms with E-state index < -0.39 is 11.7 Å². The molecule has 2 unspecified atom stereocenters. The Morgan fingerprint density at radius 3 is 2.64 bits per heavy atom. The van der Waals surface area contributed by atoms with Crippen molar-refractivity contribution in [3.05, 3.63) is 59.9 Å². The van der Waals surface area contributed by atoms with Crippen molar-refractivity contribution < 1.29 is 23.4 Å². The molecule has 1 N–H and O–H groups in total. The van der Waals surface area contributed by atoms with Crippen molar-refractivity contribution in [1.82, 2.24) is 5.32 Å². The number of amides is 1. The van der Waals surface area contributed by atoms with E-state index in [0.717, 1.165) is 0 Å². The van der Waals surface area contributed by atoms with E-state index in [9.17, 15) is 9.18 Å². The van der Waals surface area contributed by atoms with Crippen LogP contribution < -0.4 is 14.8 Å². The number of nitrogens with one attached hydrogen (secondary N) is 1. The number of ether oxygens (including phenoxy) is 3. The van der Waals surface area contributed by atoms with Gasteiger partial charge in [-0.15, -0.1) is 0 Å². The summed E-state index contributed by atoms with van der Waals surface area (Å²) in [6, 6.07) is 13.5. The van der Waals surface area contributed by atoms with E-state index in [2.05, 4.69) is 5.32 Å². The summed E-state index contributed by atoms with van der Waals surface area (Å²) in [5, 5.41) is 2.76. The standard InChI is InChI=1S/C19H20FNO4/c1-19(23-2,13-7-3-4-8-14(13)20)12-21-18(22)17-11-24-15-9-5-6-10-16(15)25-17/h3-10,17H,11-12H2,1-2H3,(H,21,22). The molecular weight excluding hydrogens is 325 g/mol. The Morgan fingerprint density at radius 2 is 1.92 bits per heavy atom. The second-order valence-electron chi connectivity index (χ2n) is 6.00. The fourth-order valence-electron chi connectivity index (χ4n) is 2.69. The van der Waals surface area contributed by atoms with Crippen molar-refractivity contribution >= 4 is 5.91 Å². The normalized spacial score (nSPS) is 18.3. The quantitative estimate of drug-likeness (QED) is 0.905. The lowest BCUT2D eigenvalue weighted by atomic mass is 9.95. The van der Waals surface area contributed by atoms with Crippen LogP contribution in [0.15, 0.2) is 48.5 Å². The number of hydrogen-bond acceptors (Lipinski definition) is 4. The zero-order valence-corrected chi connectivity index (χ0v) is 14.1. The first-order valence-corrected chi connectivity index (χ1v) is 8.00. The van der Waals surface area contributed by atoms with Gasteiger partial charge >= 0.3 is 0 Å². The molecule has 1 amide bonds. The minimum Gasteiger partial charge on any atom is -0.485 e. The maximum Gasteiger partial charge on any atom is 0.264 e. The van der Waals surface area contributed by atoms with Crippen LogP contribution in [0.5, 0.6) is 11.5 Å². The molecule has 1 heterocycles. The lowest BCUT2D eigenvalue weighted by Crippen LogP contribution is -2.48. The monoisotopic (exact) mass is 345 g/mol. The first-order valence-electron chi connectivity index (χ1n) is 8.00. The second kappa shape index (κ2) is 7.11. The van der Waals surface area contributed by atoms with Crippen LogP contribution in [-0.2, 0) is 15.1 Å². The van der Waals surface area contributed by atoms with E-state index in [4.69, 9.17) is 14.2 Å². The molecule has 3 rings (SSSR count). The Bertz CT molecular complexity index is 767. The molecule has 132 valence electrons. The molecule has 2 atom stereocenters. The molecule has 1 aliphatic rings. The molecule has 6 heteroatoms. The van der Waals surface area contributed by atoms with Crippen LogP contribution >= 0.6 is 0 Å². The van der Waals surface area contributed by atoms with Gasteiger partial charge in [0, 0.05) is 12.7 Å². The van der Waals surface area contributed by atoms with Gasteiger partial charge in [0.2, 0.25) is 6.10 Å². The van der Waals surface area contributed by atoms with Gasteiger partial charge in [0.25, 0.3) is 5.91 Å². The predicted octanol–water partition coefficient (Wildman–Crippen LogP) is 2.64. The van der Waals surface area contributed by atoms with Crippen molar-refractivity contribution in [1.29, 1.82) is 0 Å². The Balaban J connectivity index is 1.66. The maximum absolute atomic E-state index is 14.1. The molecule has 0 fully saturated rings. The average Bonchev–Trinajstić information content (AvgIpc) is 2.65. The zero-order valence-electron chi connectivity index (χ0n) is 14.1. The number of carbonyl (C=O) groups is 1. The van der Waals surface area contributed by atoms with Gasteiger partial charge in [-0.1, -0.05) is 30.3 Å². The van der Waals surface area contributed by atoms with Crippen LogP contribution in [0.2, 0.25) is 0 Å². The highest BCUT2D eigenvalue weighted by atomic mass is 19.1. The Morgan fingerprint density at radius 1 is 1.24 bits per heavy atom. The molecule has 5 nitrogen and oxygen atoms in total. The molecule has 0 aromatic heterocycles. The van der Waals surface area contributed by atoms with Crippen molar-refractivity contribution in [3.8, 4) is 11.5 Å². The Hall–Kier alpha value is -2.60. The Kier molecular flexibility index (Phi) is 4.90. The summed E-state index contributed by atoms with van der Waals surface area (Å²) in [4.78, 5) is 12.4. The fraction of sp³-hybridized carbons (Fsp3) is 0.316. The predicted molar refractivity (Wildman–Crippen MR) is 90.1 cm³/mol. The highest BCUT2D eigenvalue weighted by Gasteiger charge is 2.33.